The van der Waals surface area contributed by atoms with Gasteiger partial charge in [-0.05, 0) is 48.3 Å². The van der Waals surface area contributed by atoms with E-state index in [0.717, 1.165) is 19.0 Å². The predicted octanol–water partition coefficient (Wildman–Crippen LogP) is 3.20. The maximum Gasteiger partial charge on any atom is 0.0236 e. The van der Waals surface area contributed by atoms with Crippen LogP contribution in [0.1, 0.15) is 43.7 Å². The van der Waals surface area contributed by atoms with Gasteiger partial charge in [0.2, 0.25) is 0 Å². The number of fused-ring (bicyclic) bond motifs is 1. The van der Waals surface area contributed by atoms with Gasteiger partial charge in [-0.15, -0.1) is 0 Å². The quantitative estimate of drug-likeness (QED) is 0.915. The van der Waals surface area contributed by atoms with Crippen molar-refractivity contribution < 1.29 is 0 Å². The molecule has 0 radical (unpaired) electrons. The summed E-state index contributed by atoms with van der Waals surface area (Å²) in [6.45, 7) is 6.77. The zero-order chi connectivity index (χ0) is 14.0. The third-order valence-corrected chi connectivity index (χ3v) is 5.39. The van der Waals surface area contributed by atoms with Gasteiger partial charge in [-0.1, -0.05) is 44.0 Å². The van der Waals surface area contributed by atoms with Gasteiger partial charge < -0.3 is 5.73 Å². The highest BCUT2D eigenvalue weighted by molar-refractivity contribution is 5.29. The van der Waals surface area contributed by atoms with Crippen LogP contribution >= 0.6 is 0 Å². The highest BCUT2D eigenvalue weighted by Crippen LogP contribution is 2.39. The predicted molar refractivity (Wildman–Crippen MR) is 84.5 cm³/mol. The standard InChI is InChI=1S/C18H28N2/c1-15-5-4-9-18(11-15,13-19)14-20-10-8-16-6-2-3-7-17(16)12-20/h2-3,6-7,15H,4-5,8-14,19H2,1H3. The molecule has 1 aromatic rings. The number of nitrogens with zero attached hydrogens (tertiary/aromatic N) is 1. The summed E-state index contributed by atoms with van der Waals surface area (Å²) < 4.78 is 0. The molecule has 0 spiro atoms. The van der Waals surface area contributed by atoms with Crippen molar-refractivity contribution in [2.75, 3.05) is 19.6 Å². The van der Waals surface area contributed by atoms with E-state index in [4.69, 9.17) is 5.73 Å². The third kappa shape index (κ3) is 2.91. The van der Waals surface area contributed by atoms with Crippen molar-refractivity contribution in [3.8, 4) is 0 Å². The molecule has 1 aliphatic carbocycles. The molecule has 1 aromatic carbocycles. The summed E-state index contributed by atoms with van der Waals surface area (Å²) in [6, 6.07) is 8.91. The van der Waals surface area contributed by atoms with Crippen LogP contribution in [-0.4, -0.2) is 24.5 Å². The van der Waals surface area contributed by atoms with Gasteiger partial charge in [-0.2, -0.15) is 0 Å². The van der Waals surface area contributed by atoms with E-state index >= 15 is 0 Å². The van der Waals surface area contributed by atoms with E-state index in [1.165, 1.54) is 50.8 Å². The van der Waals surface area contributed by atoms with Crippen molar-refractivity contribution in [2.24, 2.45) is 17.1 Å². The molecule has 0 aromatic heterocycles. The van der Waals surface area contributed by atoms with Crippen LogP contribution in [0, 0.1) is 11.3 Å². The van der Waals surface area contributed by atoms with E-state index in [9.17, 15) is 0 Å². The second-order valence-electron chi connectivity index (χ2n) is 7.14. The van der Waals surface area contributed by atoms with Crippen LogP contribution in [0.4, 0.5) is 0 Å². The Bertz CT molecular complexity index is 456. The van der Waals surface area contributed by atoms with Crippen LogP contribution < -0.4 is 5.73 Å². The second-order valence-corrected chi connectivity index (χ2v) is 7.14. The van der Waals surface area contributed by atoms with Gasteiger partial charge in [-0.3, -0.25) is 4.90 Å². The molecule has 0 amide bonds. The molecule has 3 rings (SSSR count). The van der Waals surface area contributed by atoms with Gasteiger partial charge in [0, 0.05) is 19.6 Å². The number of nitrogens with two attached hydrogens (primary N) is 1. The number of benzene rings is 1. The molecule has 1 heterocycles. The lowest BCUT2D eigenvalue weighted by atomic mass is 9.69. The molecule has 0 bridgehead atoms. The second kappa shape index (κ2) is 5.87. The SMILES string of the molecule is CC1CCCC(CN)(CN2CCc3ccccc3C2)C1. The van der Waals surface area contributed by atoms with E-state index < -0.39 is 0 Å². The van der Waals surface area contributed by atoms with Crippen LogP contribution in [0.25, 0.3) is 0 Å². The fraction of sp³-hybridized carbons (Fsp3) is 0.667. The van der Waals surface area contributed by atoms with Crippen molar-refractivity contribution in [1.82, 2.24) is 4.90 Å². The molecule has 110 valence electrons. The lowest BCUT2D eigenvalue weighted by molar-refractivity contribution is 0.0815. The Morgan fingerprint density at radius 2 is 2.10 bits per heavy atom. The molecular formula is C18H28N2. The Morgan fingerprint density at radius 3 is 2.85 bits per heavy atom. The number of hydrogen-bond acceptors (Lipinski definition) is 2. The van der Waals surface area contributed by atoms with Crippen molar-refractivity contribution >= 4 is 0 Å². The summed E-state index contributed by atoms with van der Waals surface area (Å²) in [6.07, 6.45) is 6.60. The fourth-order valence-corrected chi connectivity index (χ4v) is 4.33. The summed E-state index contributed by atoms with van der Waals surface area (Å²) in [5.74, 6) is 0.851. The first kappa shape index (κ1) is 14.1. The van der Waals surface area contributed by atoms with Gasteiger partial charge in [0.05, 0.1) is 0 Å². The molecule has 2 N–H and O–H groups in total. The smallest absolute Gasteiger partial charge is 0.0236 e. The molecule has 2 heteroatoms. The minimum Gasteiger partial charge on any atom is -0.330 e. The molecule has 2 nitrogen and oxygen atoms in total. The summed E-state index contributed by atoms with van der Waals surface area (Å²) in [4.78, 5) is 2.65. The highest BCUT2D eigenvalue weighted by Gasteiger charge is 2.35. The zero-order valence-corrected chi connectivity index (χ0v) is 12.8. The molecule has 0 saturated heterocycles. The lowest BCUT2D eigenvalue weighted by Crippen LogP contribution is -2.46. The summed E-state index contributed by atoms with van der Waals surface area (Å²) in [5.41, 5.74) is 9.63. The van der Waals surface area contributed by atoms with Gasteiger partial charge in [-0.25, -0.2) is 0 Å². The Morgan fingerprint density at radius 1 is 1.30 bits per heavy atom. The highest BCUT2D eigenvalue weighted by atomic mass is 15.1. The average molecular weight is 272 g/mol. The molecule has 2 atom stereocenters. The number of hydrogen-bond donors (Lipinski definition) is 1. The minimum atomic E-state index is 0.379. The van der Waals surface area contributed by atoms with Crippen LogP contribution in [-0.2, 0) is 13.0 Å². The molecule has 2 aliphatic rings. The summed E-state index contributed by atoms with van der Waals surface area (Å²) in [7, 11) is 0. The van der Waals surface area contributed by atoms with Gasteiger partial charge in [0.1, 0.15) is 0 Å². The topological polar surface area (TPSA) is 29.3 Å². The average Bonchev–Trinajstić information content (AvgIpc) is 2.47. The van der Waals surface area contributed by atoms with Crippen molar-refractivity contribution in [2.45, 2.75) is 45.6 Å². The molecule has 1 saturated carbocycles. The molecule has 2 unspecified atom stereocenters. The first-order valence-corrected chi connectivity index (χ1v) is 8.20. The normalized spacial score (nSPS) is 31.0. The lowest BCUT2D eigenvalue weighted by Gasteiger charge is -2.43. The van der Waals surface area contributed by atoms with Crippen molar-refractivity contribution in [3.63, 3.8) is 0 Å². The Kier molecular flexibility index (Phi) is 4.13. The third-order valence-electron chi connectivity index (χ3n) is 5.39. The Hall–Kier alpha value is -0.860. The van der Waals surface area contributed by atoms with Gasteiger partial charge in [0.15, 0.2) is 0 Å². The van der Waals surface area contributed by atoms with E-state index in [2.05, 4.69) is 36.1 Å². The van der Waals surface area contributed by atoms with Crippen molar-refractivity contribution in [1.29, 1.82) is 0 Å². The maximum absolute atomic E-state index is 6.19. The first-order chi connectivity index (χ1) is 9.71. The van der Waals surface area contributed by atoms with E-state index in [1.54, 1.807) is 5.56 Å². The molecule has 20 heavy (non-hydrogen) atoms. The van der Waals surface area contributed by atoms with Crippen LogP contribution in [0.2, 0.25) is 0 Å². The molecule has 1 fully saturated rings. The zero-order valence-electron chi connectivity index (χ0n) is 12.8. The fourth-order valence-electron chi connectivity index (χ4n) is 4.33. The summed E-state index contributed by atoms with van der Waals surface area (Å²) >= 11 is 0. The first-order valence-electron chi connectivity index (χ1n) is 8.20. The maximum atomic E-state index is 6.19. The van der Waals surface area contributed by atoms with E-state index in [0.29, 0.717) is 5.41 Å². The number of rotatable bonds is 3. The Balaban J connectivity index is 1.69. The van der Waals surface area contributed by atoms with E-state index in [-0.39, 0.29) is 0 Å². The van der Waals surface area contributed by atoms with Crippen molar-refractivity contribution in [3.05, 3.63) is 35.4 Å². The van der Waals surface area contributed by atoms with E-state index in [1.807, 2.05) is 0 Å². The molecular weight excluding hydrogens is 244 g/mol. The summed E-state index contributed by atoms with van der Waals surface area (Å²) in [5, 5.41) is 0. The van der Waals surface area contributed by atoms with Gasteiger partial charge >= 0.3 is 0 Å². The minimum absolute atomic E-state index is 0.379. The van der Waals surface area contributed by atoms with Crippen LogP contribution in [0.3, 0.4) is 0 Å². The monoisotopic (exact) mass is 272 g/mol. The Labute approximate surface area is 123 Å². The van der Waals surface area contributed by atoms with Crippen LogP contribution in [0.5, 0.6) is 0 Å². The largest absolute Gasteiger partial charge is 0.330 e. The van der Waals surface area contributed by atoms with Gasteiger partial charge in [0.25, 0.3) is 0 Å². The van der Waals surface area contributed by atoms with Crippen LogP contribution in [0.15, 0.2) is 24.3 Å². The molecule has 1 aliphatic heterocycles.